The van der Waals surface area contributed by atoms with Crippen molar-refractivity contribution in [2.75, 3.05) is 13.1 Å². The molecule has 3 N–H and O–H groups in total. The topological polar surface area (TPSA) is 72.9 Å². The molecule has 106 valence electrons. The molecule has 0 bridgehead atoms. The van der Waals surface area contributed by atoms with E-state index in [0.717, 1.165) is 24.2 Å². The Balaban J connectivity index is 2.05. The molecule has 5 nitrogen and oxygen atoms in total. The average Bonchev–Trinajstić information content (AvgIpc) is 2.94. The van der Waals surface area contributed by atoms with Crippen LogP contribution in [-0.2, 0) is 7.05 Å². The molecule has 1 heterocycles. The minimum Gasteiger partial charge on any atom is -0.351 e. The molecule has 0 atom stereocenters. The predicted octanol–water partition coefficient (Wildman–Crippen LogP) is 1.29. The number of nitrogens with two attached hydrogens (primary N) is 1. The van der Waals surface area contributed by atoms with Crippen LogP contribution in [0.25, 0.3) is 0 Å². The van der Waals surface area contributed by atoms with E-state index in [1.54, 1.807) is 4.68 Å². The summed E-state index contributed by atoms with van der Waals surface area (Å²) < 4.78 is 1.75. The van der Waals surface area contributed by atoms with Crippen LogP contribution in [0.4, 0.5) is 0 Å². The van der Waals surface area contributed by atoms with E-state index in [1.807, 2.05) is 20.9 Å². The zero-order valence-electron chi connectivity index (χ0n) is 12.1. The van der Waals surface area contributed by atoms with Gasteiger partial charge in [-0.1, -0.05) is 12.8 Å². The minimum atomic E-state index is -0.0252. The van der Waals surface area contributed by atoms with Crippen LogP contribution in [0.1, 0.15) is 47.4 Å². The van der Waals surface area contributed by atoms with E-state index in [1.165, 1.54) is 12.8 Å². The highest BCUT2D eigenvalue weighted by molar-refractivity contribution is 5.96. The first-order valence-corrected chi connectivity index (χ1v) is 6.97. The van der Waals surface area contributed by atoms with Crippen LogP contribution in [-0.4, -0.2) is 28.8 Å². The second kappa shape index (κ2) is 5.33. The van der Waals surface area contributed by atoms with Gasteiger partial charge in [0.15, 0.2) is 0 Å². The fourth-order valence-electron chi connectivity index (χ4n) is 3.04. The van der Waals surface area contributed by atoms with Crippen molar-refractivity contribution in [3.8, 4) is 0 Å². The van der Waals surface area contributed by atoms with Crippen LogP contribution >= 0.6 is 0 Å². The first-order chi connectivity index (χ1) is 8.99. The fraction of sp³-hybridized carbons (Fsp3) is 0.714. The standard InChI is InChI=1S/C14H24N4O/c1-10-12(11(2)18(3)17-10)13(19)16-9-14(8-15)6-4-5-7-14/h4-9,15H2,1-3H3,(H,16,19). The average molecular weight is 264 g/mol. The molecule has 0 spiro atoms. The molecule has 1 aromatic heterocycles. The molecular formula is C14H24N4O. The van der Waals surface area contributed by atoms with Gasteiger partial charge in [0.2, 0.25) is 0 Å². The summed E-state index contributed by atoms with van der Waals surface area (Å²) in [4.78, 5) is 12.3. The zero-order valence-corrected chi connectivity index (χ0v) is 12.1. The van der Waals surface area contributed by atoms with Gasteiger partial charge >= 0.3 is 0 Å². The Hall–Kier alpha value is -1.36. The highest BCUT2D eigenvalue weighted by Crippen LogP contribution is 2.36. The number of carbonyl (C=O) groups is 1. The molecule has 0 saturated heterocycles. The molecule has 19 heavy (non-hydrogen) atoms. The Morgan fingerprint density at radius 1 is 1.42 bits per heavy atom. The van der Waals surface area contributed by atoms with Gasteiger partial charge in [-0.2, -0.15) is 5.10 Å². The molecule has 1 fully saturated rings. The zero-order chi connectivity index (χ0) is 14.0. The molecule has 0 radical (unpaired) electrons. The number of aromatic nitrogens is 2. The van der Waals surface area contributed by atoms with Gasteiger partial charge in [-0.05, 0) is 38.6 Å². The van der Waals surface area contributed by atoms with Gasteiger partial charge in [-0.15, -0.1) is 0 Å². The Morgan fingerprint density at radius 2 is 2.05 bits per heavy atom. The van der Waals surface area contributed by atoms with E-state index in [0.29, 0.717) is 18.7 Å². The lowest BCUT2D eigenvalue weighted by Crippen LogP contribution is -2.41. The summed E-state index contributed by atoms with van der Waals surface area (Å²) >= 11 is 0. The van der Waals surface area contributed by atoms with Crippen LogP contribution in [0.3, 0.4) is 0 Å². The highest BCUT2D eigenvalue weighted by atomic mass is 16.1. The van der Waals surface area contributed by atoms with Crippen molar-refractivity contribution in [1.82, 2.24) is 15.1 Å². The molecule has 0 aliphatic heterocycles. The van der Waals surface area contributed by atoms with E-state index in [-0.39, 0.29) is 11.3 Å². The highest BCUT2D eigenvalue weighted by Gasteiger charge is 2.33. The Bertz CT molecular complexity index is 472. The third kappa shape index (κ3) is 2.66. The lowest BCUT2D eigenvalue weighted by Gasteiger charge is -2.27. The van der Waals surface area contributed by atoms with Crippen LogP contribution in [0, 0.1) is 19.3 Å². The third-order valence-electron chi connectivity index (χ3n) is 4.46. The largest absolute Gasteiger partial charge is 0.351 e. The first-order valence-electron chi connectivity index (χ1n) is 6.97. The molecular weight excluding hydrogens is 240 g/mol. The maximum atomic E-state index is 12.3. The summed E-state index contributed by atoms with van der Waals surface area (Å²) in [6, 6.07) is 0. The van der Waals surface area contributed by atoms with Gasteiger partial charge in [0.25, 0.3) is 5.91 Å². The summed E-state index contributed by atoms with van der Waals surface area (Å²) in [5, 5.41) is 7.34. The fourth-order valence-corrected chi connectivity index (χ4v) is 3.04. The number of rotatable bonds is 4. The van der Waals surface area contributed by atoms with Gasteiger partial charge in [0.1, 0.15) is 0 Å². The summed E-state index contributed by atoms with van der Waals surface area (Å²) in [7, 11) is 1.86. The van der Waals surface area contributed by atoms with E-state index in [9.17, 15) is 4.79 Å². The van der Waals surface area contributed by atoms with Gasteiger partial charge < -0.3 is 11.1 Å². The lowest BCUT2D eigenvalue weighted by molar-refractivity contribution is 0.0931. The Morgan fingerprint density at radius 3 is 2.53 bits per heavy atom. The minimum absolute atomic E-state index is 0.0252. The maximum absolute atomic E-state index is 12.3. The van der Waals surface area contributed by atoms with Crippen LogP contribution in [0.2, 0.25) is 0 Å². The number of hydrogen-bond acceptors (Lipinski definition) is 3. The van der Waals surface area contributed by atoms with Gasteiger partial charge in [-0.3, -0.25) is 9.48 Å². The number of carbonyl (C=O) groups excluding carboxylic acids is 1. The van der Waals surface area contributed by atoms with Gasteiger partial charge in [0.05, 0.1) is 11.3 Å². The molecule has 1 amide bonds. The van der Waals surface area contributed by atoms with Crippen molar-refractivity contribution in [2.45, 2.75) is 39.5 Å². The van der Waals surface area contributed by atoms with E-state index in [2.05, 4.69) is 10.4 Å². The number of amides is 1. The predicted molar refractivity (Wildman–Crippen MR) is 75.0 cm³/mol. The van der Waals surface area contributed by atoms with Crippen molar-refractivity contribution in [1.29, 1.82) is 0 Å². The van der Waals surface area contributed by atoms with Gasteiger partial charge in [0, 0.05) is 19.3 Å². The molecule has 2 rings (SSSR count). The smallest absolute Gasteiger partial charge is 0.255 e. The van der Waals surface area contributed by atoms with Crippen LogP contribution < -0.4 is 11.1 Å². The number of nitrogens with zero attached hydrogens (tertiary/aromatic N) is 2. The molecule has 1 aliphatic rings. The lowest BCUT2D eigenvalue weighted by atomic mass is 9.86. The molecule has 1 aliphatic carbocycles. The van der Waals surface area contributed by atoms with Crippen LogP contribution in [0.15, 0.2) is 0 Å². The van der Waals surface area contributed by atoms with E-state index in [4.69, 9.17) is 5.73 Å². The van der Waals surface area contributed by atoms with Crippen LogP contribution in [0.5, 0.6) is 0 Å². The Kier molecular flexibility index (Phi) is 3.94. The van der Waals surface area contributed by atoms with E-state index >= 15 is 0 Å². The first kappa shape index (κ1) is 14.1. The molecule has 5 heteroatoms. The molecule has 0 unspecified atom stereocenters. The summed E-state index contributed by atoms with van der Waals surface area (Å²) in [6.45, 7) is 5.12. The molecule has 1 saturated carbocycles. The van der Waals surface area contributed by atoms with Crippen molar-refractivity contribution < 1.29 is 4.79 Å². The number of hydrogen-bond donors (Lipinski definition) is 2. The third-order valence-corrected chi connectivity index (χ3v) is 4.46. The molecule has 0 aromatic carbocycles. The maximum Gasteiger partial charge on any atom is 0.255 e. The Labute approximate surface area is 114 Å². The van der Waals surface area contributed by atoms with E-state index < -0.39 is 0 Å². The second-order valence-corrected chi connectivity index (χ2v) is 5.76. The second-order valence-electron chi connectivity index (χ2n) is 5.76. The van der Waals surface area contributed by atoms with Gasteiger partial charge in [-0.25, -0.2) is 0 Å². The normalized spacial score (nSPS) is 17.7. The van der Waals surface area contributed by atoms with Crippen molar-refractivity contribution in [3.63, 3.8) is 0 Å². The van der Waals surface area contributed by atoms with Crippen molar-refractivity contribution >= 4 is 5.91 Å². The summed E-state index contributed by atoms with van der Waals surface area (Å²) in [5.41, 5.74) is 8.39. The SMILES string of the molecule is Cc1nn(C)c(C)c1C(=O)NCC1(CN)CCCC1. The van der Waals surface area contributed by atoms with Crippen molar-refractivity contribution in [3.05, 3.63) is 17.0 Å². The number of nitrogens with one attached hydrogen (secondary N) is 1. The molecule has 1 aromatic rings. The van der Waals surface area contributed by atoms with Crippen molar-refractivity contribution in [2.24, 2.45) is 18.2 Å². The number of aryl methyl sites for hydroxylation is 2. The summed E-state index contributed by atoms with van der Waals surface area (Å²) in [6.07, 6.45) is 4.68. The monoisotopic (exact) mass is 264 g/mol. The summed E-state index contributed by atoms with van der Waals surface area (Å²) in [5.74, 6) is -0.0252. The quantitative estimate of drug-likeness (QED) is 0.860.